The lowest BCUT2D eigenvalue weighted by molar-refractivity contribution is 0.0940. The number of carbonyl (C=O) groups is 1. The summed E-state index contributed by atoms with van der Waals surface area (Å²) >= 11 is 3.38. The predicted octanol–water partition coefficient (Wildman–Crippen LogP) is 3.69. The highest BCUT2D eigenvalue weighted by molar-refractivity contribution is 9.09. The van der Waals surface area contributed by atoms with Crippen molar-refractivity contribution in [2.24, 2.45) is 0 Å². The molecule has 2 nitrogen and oxygen atoms in total. The van der Waals surface area contributed by atoms with Gasteiger partial charge in [-0.2, -0.15) is 0 Å². The van der Waals surface area contributed by atoms with Gasteiger partial charge in [0.25, 0.3) is 5.91 Å². The summed E-state index contributed by atoms with van der Waals surface area (Å²) in [7, 11) is 0. The highest BCUT2D eigenvalue weighted by atomic mass is 79.9. The molecule has 0 saturated heterocycles. The molecule has 98 valence electrons. The minimum absolute atomic E-state index is 0.142. The van der Waals surface area contributed by atoms with Gasteiger partial charge in [0.05, 0.1) is 6.04 Å². The molecule has 1 unspecified atom stereocenters. The molecule has 2 rings (SSSR count). The van der Waals surface area contributed by atoms with E-state index in [1.165, 1.54) is 18.2 Å². The average Bonchev–Trinajstić information content (AvgIpc) is 2.45. The third-order valence-corrected chi connectivity index (χ3v) is 3.40. The van der Waals surface area contributed by atoms with Gasteiger partial charge in [0, 0.05) is 10.9 Å². The van der Waals surface area contributed by atoms with Gasteiger partial charge in [0.15, 0.2) is 0 Å². The molecule has 4 heteroatoms. The van der Waals surface area contributed by atoms with Crippen LogP contribution in [0.2, 0.25) is 0 Å². The van der Waals surface area contributed by atoms with Crippen LogP contribution in [0.5, 0.6) is 0 Å². The van der Waals surface area contributed by atoms with Crippen LogP contribution in [0.4, 0.5) is 4.39 Å². The molecule has 1 N–H and O–H groups in total. The molecular formula is C15H13BrFNO. The summed E-state index contributed by atoms with van der Waals surface area (Å²) in [5.74, 6) is -0.699. The van der Waals surface area contributed by atoms with E-state index in [2.05, 4.69) is 21.2 Å². The molecule has 0 aromatic heterocycles. The summed E-state index contributed by atoms with van der Waals surface area (Å²) in [6.45, 7) is 0. The number of amides is 1. The lowest BCUT2D eigenvalue weighted by atomic mass is 10.1. The van der Waals surface area contributed by atoms with Crippen molar-refractivity contribution in [1.82, 2.24) is 5.32 Å². The molecule has 0 bridgehead atoms. The zero-order valence-electron chi connectivity index (χ0n) is 10.1. The van der Waals surface area contributed by atoms with Crippen molar-refractivity contribution >= 4 is 21.8 Å². The number of benzene rings is 2. The Morgan fingerprint density at radius 1 is 1.16 bits per heavy atom. The van der Waals surface area contributed by atoms with Gasteiger partial charge >= 0.3 is 0 Å². The van der Waals surface area contributed by atoms with Gasteiger partial charge in [-0.25, -0.2) is 4.39 Å². The van der Waals surface area contributed by atoms with Gasteiger partial charge in [-0.15, -0.1) is 0 Å². The molecule has 0 aliphatic rings. The number of rotatable bonds is 4. The summed E-state index contributed by atoms with van der Waals surface area (Å²) in [5, 5.41) is 3.47. The average molecular weight is 322 g/mol. The largest absolute Gasteiger partial charge is 0.344 e. The first-order valence-electron chi connectivity index (χ1n) is 5.88. The van der Waals surface area contributed by atoms with E-state index in [0.29, 0.717) is 10.9 Å². The Morgan fingerprint density at radius 2 is 1.89 bits per heavy atom. The van der Waals surface area contributed by atoms with Crippen LogP contribution in [0, 0.1) is 5.82 Å². The number of carbonyl (C=O) groups excluding carboxylic acids is 1. The normalized spacial score (nSPS) is 11.9. The fourth-order valence-electron chi connectivity index (χ4n) is 1.77. The van der Waals surface area contributed by atoms with Crippen LogP contribution in [-0.4, -0.2) is 11.2 Å². The Morgan fingerprint density at radius 3 is 2.53 bits per heavy atom. The molecule has 0 aliphatic heterocycles. The number of hydrogen-bond donors (Lipinski definition) is 1. The summed E-state index contributed by atoms with van der Waals surface area (Å²) in [4.78, 5) is 12.0. The van der Waals surface area contributed by atoms with Crippen molar-refractivity contribution in [2.45, 2.75) is 6.04 Å². The molecule has 2 aromatic rings. The van der Waals surface area contributed by atoms with E-state index in [9.17, 15) is 9.18 Å². The maximum absolute atomic E-state index is 13.1. The zero-order valence-corrected chi connectivity index (χ0v) is 11.7. The summed E-state index contributed by atoms with van der Waals surface area (Å²) in [5.41, 5.74) is 1.33. The molecule has 0 spiro atoms. The third kappa shape index (κ3) is 3.64. The Hall–Kier alpha value is -1.68. The first-order chi connectivity index (χ1) is 9.20. The van der Waals surface area contributed by atoms with Crippen LogP contribution >= 0.6 is 15.9 Å². The van der Waals surface area contributed by atoms with Crippen LogP contribution in [0.25, 0.3) is 0 Å². The Bertz CT molecular complexity index is 559. The topological polar surface area (TPSA) is 29.1 Å². The monoisotopic (exact) mass is 321 g/mol. The van der Waals surface area contributed by atoms with E-state index in [1.54, 1.807) is 6.07 Å². The smallest absolute Gasteiger partial charge is 0.251 e. The zero-order chi connectivity index (χ0) is 13.7. The minimum atomic E-state index is -0.414. The SMILES string of the molecule is O=C(NC(CBr)c1ccccc1)c1cccc(F)c1. The lowest BCUT2D eigenvalue weighted by Crippen LogP contribution is -2.29. The van der Waals surface area contributed by atoms with Crippen molar-refractivity contribution in [3.05, 3.63) is 71.5 Å². The van der Waals surface area contributed by atoms with Gasteiger partial charge in [-0.05, 0) is 23.8 Å². The van der Waals surface area contributed by atoms with E-state index in [-0.39, 0.29) is 11.9 Å². The molecule has 0 radical (unpaired) electrons. The molecule has 1 atom stereocenters. The van der Waals surface area contributed by atoms with Gasteiger partial charge in [-0.1, -0.05) is 52.3 Å². The minimum Gasteiger partial charge on any atom is -0.344 e. The standard InChI is InChI=1S/C15H13BrFNO/c16-10-14(11-5-2-1-3-6-11)18-15(19)12-7-4-8-13(17)9-12/h1-9,14H,10H2,(H,18,19). The maximum atomic E-state index is 13.1. The first-order valence-corrected chi connectivity index (χ1v) is 7.00. The van der Waals surface area contributed by atoms with E-state index < -0.39 is 5.82 Å². The molecule has 19 heavy (non-hydrogen) atoms. The van der Waals surface area contributed by atoms with Crippen molar-refractivity contribution < 1.29 is 9.18 Å². The summed E-state index contributed by atoms with van der Waals surface area (Å²) in [6, 6.07) is 15.2. The molecule has 0 heterocycles. The second kappa shape index (κ2) is 6.48. The van der Waals surface area contributed by atoms with Gasteiger partial charge in [0.2, 0.25) is 0 Å². The highest BCUT2D eigenvalue weighted by Gasteiger charge is 2.14. The van der Waals surface area contributed by atoms with Gasteiger partial charge < -0.3 is 5.32 Å². The molecular weight excluding hydrogens is 309 g/mol. The Kier molecular flexibility index (Phi) is 4.68. The van der Waals surface area contributed by atoms with E-state index in [0.717, 1.165) is 5.56 Å². The van der Waals surface area contributed by atoms with Crippen LogP contribution in [0.3, 0.4) is 0 Å². The van der Waals surface area contributed by atoms with Gasteiger partial charge in [-0.3, -0.25) is 4.79 Å². The summed E-state index contributed by atoms with van der Waals surface area (Å²) in [6.07, 6.45) is 0. The van der Waals surface area contributed by atoms with Crippen molar-refractivity contribution in [3.8, 4) is 0 Å². The maximum Gasteiger partial charge on any atom is 0.251 e. The van der Waals surface area contributed by atoms with Crippen molar-refractivity contribution in [3.63, 3.8) is 0 Å². The molecule has 0 aliphatic carbocycles. The van der Waals surface area contributed by atoms with Crippen molar-refractivity contribution in [1.29, 1.82) is 0 Å². The van der Waals surface area contributed by atoms with Crippen LogP contribution < -0.4 is 5.32 Å². The predicted molar refractivity (Wildman–Crippen MR) is 76.8 cm³/mol. The van der Waals surface area contributed by atoms with E-state index in [1.807, 2.05) is 30.3 Å². The molecule has 0 fully saturated rings. The Balaban J connectivity index is 2.13. The number of halogens is 2. The van der Waals surface area contributed by atoms with E-state index >= 15 is 0 Å². The second-order valence-electron chi connectivity index (χ2n) is 4.10. The molecule has 0 saturated carbocycles. The number of alkyl halides is 1. The van der Waals surface area contributed by atoms with Crippen LogP contribution in [0.15, 0.2) is 54.6 Å². The molecule has 1 amide bonds. The van der Waals surface area contributed by atoms with Crippen molar-refractivity contribution in [2.75, 3.05) is 5.33 Å². The third-order valence-electron chi connectivity index (χ3n) is 2.75. The van der Waals surface area contributed by atoms with Gasteiger partial charge in [0.1, 0.15) is 5.82 Å². The summed E-state index contributed by atoms with van der Waals surface area (Å²) < 4.78 is 13.1. The number of nitrogens with one attached hydrogen (secondary N) is 1. The second-order valence-corrected chi connectivity index (χ2v) is 4.75. The van der Waals surface area contributed by atoms with Crippen LogP contribution in [0.1, 0.15) is 22.0 Å². The number of hydrogen-bond acceptors (Lipinski definition) is 1. The fraction of sp³-hybridized carbons (Fsp3) is 0.133. The fourth-order valence-corrected chi connectivity index (χ4v) is 2.30. The Labute approximate surface area is 119 Å². The van der Waals surface area contributed by atoms with E-state index in [4.69, 9.17) is 0 Å². The first kappa shape index (κ1) is 13.7. The lowest BCUT2D eigenvalue weighted by Gasteiger charge is -2.16. The highest BCUT2D eigenvalue weighted by Crippen LogP contribution is 2.16. The molecule has 2 aromatic carbocycles. The quantitative estimate of drug-likeness (QED) is 0.855. The van der Waals surface area contributed by atoms with Crippen LogP contribution in [-0.2, 0) is 0 Å².